The van der Waals surface area contributed by atoms with E-state index in [4.69, 9.17) is 19.2 Å². The zero-order valence-electron chi connectivity index (χ0n) is 21.9. The van der Waals surface area contributed by atoms with Crippen molar-refractivity contribution in [1.82, 2.24) is 4.98 Å². The van der Waals surface area contributed by atoms with Gasteiger partial charge in [-0.05, 0) is 87.4 Å². The summed E-state index contributed by atoms with van der Waals surface area (Å²) in [7, 11) is 0. The number of rotatable bonds is 5. The van der Waals surface area contributed by atoms with Crippen molar-refractivity contribution in [2.75, 3.05) is 13.2 Å². The van der Waals surface area contributed by atoms with Gasteiger partial charge >= 0.3 is 5.97 Å². The molecule has 2 heterocycles. The quantitative estimate of drug-likeness (QED) is 0.285. The molecule has 1 aromatic heterocycles. The van der Waals surface area contributed by atoms with Gasteiger partial charge < -0.3 is 14.2 Å². The van der Waals surface area contributed by atoms with Gasteiger partial charge in [0, 0.05) is 28.5 Å². The molecule has 0 unspecified atom stereocenters. The van der Waals surface area contributed by atoms with E-state index >= 15 is 0 Å². The van der Waals surface area contributed by atoms with Gasteiger partial charge in [0.25, 0.3) is 0 Å². The minimum Gasteiger partial charge on any atom is -0.493 e. The van der Waals surface area contributed by atoms with Gasteiger partial charge in [-0.15, -0.1) is 0 Å². The number of nitrogens with zero attached hydrogens (tertiary/aromatic N) is 1. The molecule has 5 nitrogen and oxygen atoms in total. The number of esters is 1. The number of hydrogen-bond donors (Lipinski definition) is 0. The van der Waals surface area contributed by atoms with Crippen LogP contribution in [0.4, 0.5) is 0 Å². The number of carbonyl (C=O) groups excluding carboxylic acids is 1. The predicted octanol–water partition coefficient (Wildman–Crippen LogP) is 7.03. The first kappa shape index (κ1) is 24.3. The number of aromatic nitrogens is 1. The Balaban J connectivity index is 1.89. The van der Waals surface area contributed by atoms with Crippen LogP contribution in [-0.2, 0) is 20.7 Å². The molecule has 3 aromatic carbocycles. The fraction of sp³-hybridized carbons (Fsp3) is 0.355. The van der Waals surface area contributed by atoms with Crippen LogP contribution in [0.25, 0.3) is 32.8 Å². The van der Waals surface area contributed by atoms with E-state index in [1.54, 1.807) is 0 Å². The summed E-state index contributed by atoms with van der Waals surface area (Å²) in [6.45, 7) is 12.7. The van der Waals surface area contributed by atoms with Crippen LogP contribution < -0.4 is 4.74 Å². The highest BCUT2D eigenvalue weighted by molar-refractivity contribution is 6.09. The second-order valence-corrected chi connectivity index (χ2v) is 10.4. The Bertz CT molecular complexity index is 1470. The van der Waals surface area contributed by atoms with Crippen molar-refractivity contribution in [2.24, 2.45) is 0 Å². The molecule has 0 fully saturated rings. The lowest BCUT2D eigenvalue weighted by Gasteiger charge is -2.30. The minimum absolute atomic E-state index is 0.282. The maximum atomic E-state index is 13.4. The third-order valence-electron chi connectivity index (χ3n) is 6.60. The number of benzene rings is 3. The summed E-state index contributed by atoms with van der Waals surface area (Å²) in [4.78, 5) is 18.2. The summed E-state index contributed by atoms with van der Waals surface area (Å²) in [5.74, 6) is 0.512. The lowest BCUT2D eigenvalue weighted by molar-refractivity contribution is -0.166. The lowest BCUT2D eigenvalue weighted by atomic mass is 9.85. The summed E-state index contributed by atoms with van der Waals surface area (Å²) in [5.41, 5.74) is 6.29. The fourth-order valence-electron chi connectivity index (χ4n) is 5.21. The van der Waals surface area contributed by atoms with Crippen molar-refractivity contribution in [1.29, 1.82) is 0 Å². The van der Waals surface area contributed by atoms with Gasteiger partial charge in [0.2, 0.25) is 0 Å². The molecule has 0 saturated heterocycles. The standard InChI is InChI=1S/C31H33NO4/c1-7-34-30(33)29(36-31(4,5)6)26-18(2)17-24-23(12-11-19(3)32-24)28(26)22-13-14-25-27-20(15-16-35-25)9-8-10-21(22)27/h8-14,17,29H,7,15-16H2,1-6H3/t29-/m0/s1. The van der Waals surface area contributed by atoms with Crippen molar-refractivity contribution in [3.63, 3.8) is 0 Å². The summed E-state index contributed by atoms with van der Waals surface area (Å²) in [6, 6.07) is 16.7. The van der Waals surface area contributed by atoms with E-state index in [1.807, 2.05) is 59.7 Å². The average molecular weight is 484 g/mol. The maximum Gasteiger partial charge on any atom is 0.339 e. The van der Waals surface area contributed by atoms with Crippen LogP contribution in [0.15, 0.2) is 48.5 Å². The molecule has 0 aliphatic carbocycles. The number of fused-ring (bicyclic) bond motifs is 1. The molecular formula is C31H33NO4. The third kappa shape index (κ3) is 4.33. The van der Waals surface area contributed by atoms with Crippen LogP contribution in [0.2, 0.25) is 0 Å². The molecule has 4 aromatic rings. The zero-order valence-corrected chi connectivity index (χ0v) is 21.9. The van der Waals surface area contributed by atoms with Crippen molar-refractivity contribution in [2.45, 2.75) is 59.7 Å². The lowest BCUT2D eigenvalue weighted by Crippen LogP contribution is -2.29. The monoisotopic (exact) mass is 483 g/mol. The number of ether oxygens (including phenoxy) is 3. The first-order valence-electron chi connectivity index (χ1n) is 12.6. The summed E-state index contributed by atoms with van der Waals surface area (Å²) in [6.07, 6.45) is -0.0121. The molecule has 36 heavy (non-hydrogen) atoms. The molecule has 0 spiro atoms. The highest BCUT2D eigenvalue weighted by atomic mass is 16.6. The zero-order chi connectivity index (χ0) is 25.6. The Morgan fingerprint density at radius 3 is 2.64 bits per heavy atom. The SMILES string of the molecule is CCOC(=O)[C@@H](OC(C)(C)C)c1c(C)cc2nc(C)ccc2c1-c1ccc2c3c(cccc13)CCO2. The number of carbonyl (C=O) groups is 1. The Labute approximate surface area is 212 Å². The smallest absolute Gasteiger partial charge is 0.339 e. The van der Waals surface area contributed by atoms with Gasteiger partial charge in [-0.1, -0.05) is 30.3 Å². The Hall–Kier alpha value is -3.44. The summed E-state index contributed by atoms with van der Waals surface area (Å²) in [5, 5.41) is 3.20. The molecule has 0 bridgehead atoms. The van der Waals surface area contributed by atoms with E-state index in [1.165, 1.54) is 5.56 Å². The highest BCUT2D eigenvalue weighted by Crippen LogP contribution is 2.45. The number of pyridine rings is 1. The molecule has 0 saturated carbocycles. The Morgan fingerprint density at radius 2 is 1.89 bits per heavy atom. The van der Waals surface area contributed by atoms with Gasteiger partial charge in [0.1, 0.15) is 5.75 Å². The molecule has 1 atom stereocenters. The first-order valence-corrected chi connectivity index (χ1v) is 12.6. The van der Waals surface area contributed by atoms with Crippen LogP contribution >= 0.6 is 0 Å². The topological polar surface area (TPSA) is 57.7 Å². The number of aryl methyl sites for hydroxylation is 2. The molecule has 0 N–H and O–H groups in total. The molecule has 5 rings (SSSR count). The van der Waals surface area contributed by atoms with E-state index in [0.29, 0.717) is 6.61 Å². The van der Waals surface area contributed by atoms with E-state index in [-0.39, 0.29) is 12.6 Å². The van der Waals surface area contributed by atoms with E-state index in [2.05, 4.69) is 30.3 Å². The second-order valence-electron chi connectivity index (χ2n) is 10.4. The average Bonchev–Trinajstić information content (AvgIpc) is 2.82. The minimum atomic E-state index is -0.882. The van der Waals surface area contributed by atoms with E-state index in [9.17, 15) is 4.79 Å². The normalized spacial score (nSPS) is 14.1. The predicted molar refractivity (Wildman–Crippen MR) is 144 cm³/mol. The van der Waals surface area contributed by atoms with Crippen LogP contribution in [0, 0.1) is 13.8 Å². The molecular weight excluding hydrogens is 450 g/mol. The molecule has 0 radical (unpaired) electrons. The molecule has 1 aliphatic heterocycles. The maximum absolute atomic E-state index is 13.4. The largest absolute Gasteiger partial charge is 0.493 e. The first-order chi connectivity index (χ1) is 17.2. The van der Waals surface area contributed by atoms with Gasteiger partial charge in [-0.2, -0.15) is 0 Å². The van der Waals surface area contributed by atoms with Crippen molar-refractivity contribution in [3.05, 3.63) is 70.9 Å². The summed E-state index contributed by atoms with van der Waals surface area (Å²) >= 11 is 0. The Kier molecular flexibility index (Phi) is 6.21. The molecule has 0 amide bonds. The van der Waals surface area contributed by atoms with Crippen LogP contribution in [0.1, 0.15) is 56.2 Å². The third-order valence-corrected chi connectivity index (χ3v) is 6.60. The van der Waals surface area contributed by atoms with Gasteiger partial charge in [-0.25, -0.2) is 4.79 Å². The van der Waals surface area contributed by atoms with Crippen molar-refractivity contribution in [3.8, 4) is 16.9 Å². The van der Waals surface area contributed by atoms with Crippen LogP contribution in [-0.4, -0.2) is 29.8 Å². The molecule has 5 heteroatoms. The van der Waals surface area contributed by atoms with Crippen molar-refractivity contribution < 1.29 is 19.0 Å². The van der Waals surface area contributed by atoms with Crippen molar-refractivity contribution >= 4 is 27.6 Å². The van der Waals surface area contributed by atoms with Crippen LogP contribution in [0.3, 0.4) is 0 Å². The summed E-state index contributed by atoms with van der Waals surface area (Å²) < 4.78 is 18.0. The van der Waals surface area contributed by atoms with Gasteiger partial charge in [0.05, 0.1) is 24.3 Å². The molecule has 1 aliphatic rings. The Morgan fingerprint density at radius 1 is 1.08 bits per heavy atom. The molecule has 186 valence electrons. The highest BCUT2D eigenvalue weighted by Gasteiger charge is 2.33. The second kappa shape index (κ2) is 9.21. The van der Waals surface area contributed by atoms with Crippen LogP contribution in [0.5, 0.6) is 5.75 Å². The van der Waals surface area contributed by atoms with E-state index < -0.39 is 11.7 Å². The van der Waals surface area contributed by atoms with E-state index in [0.717, 1.165) is 61.8 Å². The van der Waals surface area contributed by atoms with Gasteiger partial charge in [-0.3, -0.25) is 4.98 Å². The van der Waals surface area contributed by atoms with Gasteiger partial charge in [0.15, 0.2) is 6.10 Å². The fourth-order valence-corrected chi connectivity index (χ4v) is 5.21. The number of hydrogen-bond acceptors (Lipinski definition) is 5.